The second-order valence-electron chi connectivity index (χ2n) is 6.72. The maximum Gasteiger partial charge on any atom is 0.137 e. The molecule has 21 heavy (non-hydrogen) atoms. The van der Waals surface area contributed by atoms with E-state index in [1.807, 2.05) is 12.1 Å². The normalized spacial score (nSPS) is 26.1. The summed E-state index contributed by atoms with van der Waals surface area (Å²) in [6.07, 6.45) is 6.66. The van der Waals surface area contributed by atoms with Crippen LogP contribution in [0.25, 0.3) is 0 Å². The van der Waals surface area contributed by atoms with E-state index in [2.05, 4.69) is 33.1 Å². The molecular formula is C17H24BrFN2. The molecule has 2 nitrogen and oxygen atoms in total. The van der Waals surface area contributed by atoms with Gasteiger partial charge in [-0.1, -0.05) is 25.3 Å². The van der Waals surface area contributed by atoms with E-state index in [1.54, 1.807) is 6.07 Å². The Morgan fingerprint density at radius 3 is 2.81 bits per heavy atom. The number of hydrogen-bond acceptors (Lipinski definition) is 2. The number of halogens is 2. The molecule has 1 saturated heterocycles. The second-order valence-corrected chi connectivity index (χ2v) is 7.58. The molecule has 1 heterocycles. The molecule has 0 aromatic heterocycles. The van der Waals surface area contributed by atoms with Crippen LogP contribution in [0.15, 0.2) is 22.7 Å². The van der Waals surface area contributed by atoms with Gasteiger partial charge in [0.25, 0.3) is 0 Å². The Morgan fingerprint density at radius 2 is 2.10 bits per heavy atom. The molecule has 0 amide bonds. The minimum atomic E-state index is -0.184. The van der Waals surface area contributed by atoms with Crippen LogP contribution < -0.4 is 5.32 Å². The summed E-state index contributed by atoms with van der Waals surface area (Å²) in [7, 11) is 0. The van der Waals surface area contributed by atoms with Gasteiger partial charge in [0.1, 0.15) is 5.82 Å². The first-order valence-corrected chi connectivity index (χ1v) is 8.80. The van der Waals surface area contributed by atoms with Crippen LogP contribution in [-0.2, 0) is 6.54 Å². The lowest BCUT2D eigenvalue weighted by atomic mass is 9.79. The molecule has 1 saturated carbocycles. The van der Waals surface area contributed by atoms with Gasteiger partial charge in [-0.25, -0.2) is 4.39 Å². The number of piperazine rings is 1. The minimum absolute atomic E-state index is 0.184. The molecule has 3 rings (SSSR count). The van der Waals surface area contributed by atoms with Crippen molar-refractivity contribution in [3.05, 3.63) is 34.1 Å². The van der Waals surface area contributed by atoms with E-state index >= 15 is 0 Å². The molecule has 2 fully saturated rings. The van der Waals surface area contributed by atoms with Crippen LogP contribution in [0.1, 0.15) is 44.6 Å². The van der Waals surface area contributed by atoms with Crippen LogP contribution in [0.5, 0.6) is 0 Å². The highest BCUT2D eigenvalue weighted by atomic mass is 79.9. The second kappa shape index (κ2) is 6.35. The van der Waals surface area contributed by atoms with Crippen LogP contribution in [0.2, 0.25) is 0 Å². The van der Waals surface area contributed by atoms with Crippen molar-refractivity contribution in [3.8, 4) is 0 Å². The van der Waals surface area contributed by atoms with Gasteiger partial charge in [0.15, 0.2) is 0 Å². The predicted molar refractivity (Wildman–Crippen MR) is 87.8 cm³/mol. The van der Waals surface area contributed by atoms with Crippen molar-refractivity contribution < 1.29 is 4.39 Å². The monoisotopic (exact) mass is 354 g/mol. The summed E-state index contributed by atoms with van der Waals surface area (Å²) in [6, 6.07) is 5.91. The third-order valence-corrected chi connectivity index (χ3v) is 5.69. The topological polar surface area (TPSA) is 15.3 Å². The highest BCUT2D eigenvalue weighted by Crippen LogP contribution is 2.32. The standard InChI is InChI=1S/C17H24BrFN2/c1-13-10-20-17(7-3-2-4-8-17)12-21(13)11-14-5-6-16(19)15(18)9-14/h5-6,9,13,20H,2-4,7-8,10-12H2,1H3. The van der Waals surface area contributed by atoms with Crippen LogP contribution in [0.3, 0.4) is 0 Å². The van der Waals surface area contributed by atoms with Crippen LogP contribution in [0.4, 0.5) is 4.39 Å². The van der Waals surface area contributed by atoms with Gasteiger partial charge in [-0.3, -0.25) is 4.90 Å². The molecular weight excluding hydrogens is 331 g/mol. The van der Waals surface area contributed by atoms with Crippen LogP contribution in [0, 0.1) is 5.82 Å². The maximum atomic E-state index is 13.4. The lowest BCUT2D eigenvalue weighted by Crippen LogP contribution is -2.63. The van der Waals surface area contributed by atoms with Crippen molar-refractivity contribution in [2.24, 2.45) is 0 Å². The summed E-state index contributed by atoms with van der Waals surface area (Å²) in [4.78, 5) is 2.56. The van der Waals surface area contributed by atoms with Gasteiger partial charge >= 0.3 is 0 Å². The zero-order valence-corrected chi connectivity index (χ0v) is 14.3. The van der Waals surface area contributed by atoms with E-state index < -0.39 is 0 Å². The van der Waals surface area contributed by atoms with Crippen molar-refractivity contribution >= 4 is 15.9 Å². The predicted octanol–water partition coefficient (Wildman–Crippen LogP) is 4.08. The first kappa shape index (κ1) is 15.4. The molecule has 1 spiro atoms. The molecule has 1 N–H and O–H groups in total. The highest BCUT2D eigenvalue weighted by molar-refractivity contribution is 9.10. The van der Waals surface area contributed by atoms with E-state index in [-0.39, 0.29) is 5.82 Å². The quantitative estimate of drug-likeness (QED) is 0.860. The van der Waals surface area contributed by atoms with Gasteiger partial charge < -0.3 is 5.32 Å². The molecule has 2 aliphatic rings. The summed E-state index contributed by atoms with van der Waals surface area (Å²) < 4.78 is 13.9. The maximum absolute atomic E-state index is 13.4. The van der Waals surface area contributed by atoms with E-state index in [0.29, 0.717) is 16.1 Å². The Balaban J connectivity index is 1.71. The van der Waals surface area contributed by atoms with Gasteiger partial charge in [0.05, 0.1) is 4.47 Å². The van der Waals surface area contributed by atoms with Crippen LogP contribution >= 0.6 is 15.9 Å². The summed E-state index contributed by atoms with van der Waals surface area (Å²) in [5.41, 5.74) is 1.50. The molecule has 1 aliphatic heterocycles. The van der Waals surface area contributed by atoms with Gasteiger partial charge in [-0.15, -0.1) is 0 Å². The molecule has 4 heteroatoms. The molecule has 116 valence electrons. The molecule has 0 bridgehead atoms. The summed E-state index contributed by atoms with van der Waals surface area (Å²) in [6.45, 7) is 5.36. The number of nitrogens with one attached hydrogen (secondary N) is 1. The van der Waals surface area contributed by atoms with Crippen molar-refractivity contribution in [2.45, 2.75) is 57.2 Å². The van der Waals surface area contributed by atoms with Gasteiger partial charge in [-0.05, 0) is 53.4 Å². The van der Waals surface area contributed by atoms with E-state index in [4.69, 9.17) is 0 Å². The molecule has 1 atom stereocenters. The van der Waals surface area contributed by atoms with Crippen molar-refractivity contribution in [3.63, 3.8) is 0 Å². The third-order valence-electron chi connectivity index (χ3n) is 5.08. The number of nitrogens with zero attached hydrogens (tertiary/aromatic N) is 1. The Kier molecular flexibility index (Phi) is 4.67. The number of hydrogen-bond donors (Lipinski definition) is 1. The van der Waals surface area contributed by atoms with Gasteiger partial charge in [0.2, 0.25) is 0 Å². The largest absolute Gasteiger partial charge is 0.308 e. The number of rotatable bonds is 2. The average molecular weight is 355 g/mol. The molecule has 1 unspecified atom stereocenters. The summed E-state index contributed by atoms with van der Waals surface area (Å²) >= 11 is 3.29. The zero-order valence-electron chi connectivity index (χ0n) is 12.7. The Hall–Kier alpha value is -0.450. The molecule has 1 aliphatic carbocycles. The van der Waals surface area contributed by atoms with Crippen LogP contribution in [-0.4, -0.2) is 29.6 Å². The van der Waals surface area contributed by atoms with E-state index in [0.717, 1.165) is 19.6 Å². The molecule has 1 aromatic carbocycles. The lowest BCUT2D eigenvalue weighted by molar-refractivity contribution is 0.0573. The molecule has 1 aromatic rings. The Bertz CT molecular complexity index is 500. The smallest absolute Gasteiger partial charge is 0.137 e. The van der Waals surface area contributed by atoms with Gasteiger partial charge in [-0.2, -0.15) is 0 Å². The summed E-state index contributed by atoms with van der Waals surface area (Å²) in [5, 5.41) is 3.81. The van der Waals surface area contributed by atoms with Crippen molar-refractivity contribution in [1.82, 2.24) is 10.2 Å². The fourth-order valence-corrected chi connectivity index (χ4v) is 4.17. The lowest BCUT2D eigenvalue weighted by Gasteiger charge is -2.49. The SMILES string of the molecule is CC1CNC2(CCCCC2)CN1Cc1ccc(F)c(Br)c1. The fourth-order valence-electron chi connectivity index (χ4n) is 3.74. The minimum Gasteiger partial charge on any atom is -0.308 e. The van der Waals surface area contributed by atoms with Crippen molar-refractivity contribution in [2.75, 3.05) is 13.1 Å². The van der Waals surface area contributed by atoms with Crippen molar-refractivity contribution in [1.29, 1.82) is 0 Å². The van der Waals surface area contributed by atoms with Gasteiger partial charge in [0, 0.05) is 31.2 Å². The Morgan fingerprint density at radius 1 is 1.33 bits per heavy atom. The fraction of sp³-hybridized carbons (Fsp3) is 0.647. The Labute approximate surface area is 135 Å². The number of benzene rings is 1. The van der Waals surface area contributed by atoms with E-state index in [9.17, 15) is 4.39 Å². The summed E-state index contributed by atoms with van der Waals surface area (Å²) in [5.74, 6) is -0.184. The average Bonchev–Trinajstić information content (AvgIpc) is 2.48. The van der Waals surface area contributed by atoms with E-state index in [1.165, 1.54) is 37.7 Å². The highest BCUT2D eigenvalue weighted by Gasteiger charge is 2.38. The first-order valence-electron chi connectivity index (χ1n) is 8.01. The molecule has 0 radical (unpaired) electrons. The zero-order chi connectivity index (χ0) is 14.9. The first-order chi connectivity index (χ1) is 10.1. The third kappa shape index (κ3) is 3.49.